The van der Waals surface area contributed by atoms with Crippen molar-refractivity contribution in [1.82, 2.24) is 0 Å². The van der Waals surface area contributed by atoms with Crippen molar-refractivity contribution < 1.29 is 28.6 Å². The third kappa shape index (κ3) is 70.0. The minimum Gasteiger partial charge on any atom is -0.462 e. The first-order valence-corrected chi connectivity index (χ1v) is 37.1. The predicted molar refractivity (Wildman–Crippen MR) is 362 cm³/mol. The summed E-state index contributed by atoms with van der Waals surface area (Å²) >= 11 is 0. The summed E-state index contributed by atoms with van der Waals surface area (Å²) in [5.41, 5.74) is 0. The highest BCUT2D eigenvalue weighted by molar-refractivity contribution is 5.71. The van der Waals surface area contributed by atoms with Gasteiger partial charge in [-0.2, -0.15) is 0 Å². The molecule has 0 spiro atoms. The maximum absolute atomic E-state index is 13.0. The molecule has 0 saturated carbocycles. The van der Waals surface area contributed by atoms with E-state index in [0.29, 0.717) is 19.3 Å². The van der Waals surface area contributed by atoms with Crippen molar-refractivity contribution in [1.29, 1.82) is 0 Å². The summed E-state index contributed by atoms with van der Waals surface area (Å²) in [6.07, 6.45) is 91.5. The second-order valence-electron chi connectivity index (χ2n) is 25.2. The zero-order valence-corrected chi connectivity index (χ0v) is 56.0. The zero-order chi connectivity index (χ0) is 59.9. The van der Waals surface area contributed by atoms with E-state index in [1.54, 1.807) is 0 Å². The van der Waals surface area contributed by atoms with Crippen LogP contribution in [0.1, 0.15) is 406 Å². The molecule has 1 unspecified atom stereocenters. The number of hydrogen-bond donors (Lipinski definition) is 0. The average molecular weight is 1160 g/mol. The van der Waals surface area contributed by atoms with Gasteiger partial charge in [-0.25, -0.2) is 0 Å². The van der Waals surface area contributed by atoms with E-state index < -0.39 is 6.10 Å². The Labute approximate surface area is 518 Å². The normalized spacial score (nSPS) is 12.3. The Morgan fingerprint density at radius 2 is 0.470 bits per heavy atom. The Hall–Kier alpha value is -2.63. The molecule has 0 rings (SSSR count). The number of unbranched alkanes of at least 4 members (excludes halogenated alkanes) is 50. The third-order valence-corrected chi connectivity index (χ3v) is 16.8. The lowest BCUT2D eigenvalue weighted by atomic mass is 10.0. The van der Waals surface area contributed by atoms with Crippen molar-refractivity contribution in [3.63, 3.8) is 0 Å². The van der Waals surface area contributed by atoms with Crippen LogP contribution in [0.4, 0.5) is 0 Å². The topological polar surface area (TPSA) is 78.9 Å². The molecular formula is C77H142O6. The lowest BCUT2D eigenvalue weighted by molar-refractivity contribution is -0.167. The van der Waals surface area contributed by atoms with Crippen molar-refractivity contribution in [2.75, 3.05) is 13.2 Å². The molecule has 0 saturated heterocycles. The highest BCUT2D eigenvalue weighted by Crippen LogP contribution is 2.19. The van der Waals surface area contributed by atoms with Gasteiger partial charge < -0.3 is 14.2 Å². The zero-order valence-electron chi connectivity index (χ0n) is 56.0. The van der Waals surface area contributed by atoms with Crippen molar-refractivity contribution in [2.24, 2.45) is 0 Å². The van der Waals surface area contributed by atoms with E-state index in [4.69, 9.17) is 14.2 Å². The van der Waals surface area contributed by atoms with Crippen molar-refractivity contribution in [2.45, 2.75) is 412 Å². The van der Waals surface area contributed by atoms with Gasteiger partial charge in [-0.1, -0.05) is 378 Å². The molecule has 0 heterocycles. The molecule has 0 aliphatic heterocycles. The van der Waals surface area contributed by atoms with Crippen LogP contribution in [0, 0.1) is 0 Å². The summed E-state index contributed by atoms with van der Waals surface area (Å²) < 4.78 is 17.0. The van der Waals surface area contributed by atoms with Crippen LogP contribution in [-0.2, 0) is 28.6 Å². The van der Waals surface area contributed by atoms with Gasteiger partial charge >= 0.3 is 17.9 Å². The van der Waals surface area contributed by atoms with E-state index in [0.717, 1.165) is 83.5 Å². The average Bonchev–Trinajstić information content (AvgIpc) is 3.49. The first-order chi connectivity index (χ1) is 41.0. The smallest absolute Gasteiger partial charge is 0.306 e. The number of carbonyl (C=O) groups excluding carboxylic acids is 3. The summed E-state index contributed by atoms with van der Waals surface area (Å²) in [7, 11) is 0. The van der Waals surface area contributed by atoms with E-state index >= 15 is 0 Å². The molecule has 0 amide bonds. The molecule has 0 aromatic heterocycles. The quantitative estimate of drug-likeness (QED) is 0.0261. The maximum atomic E-state index is 13.0. The lowest BCUT2D eigenvalue weighted by Crippen LogP contribution is -2.30. The van der Waals surface area contributed by atoms with Gasteiger partial charge in [0.15, 0.2) is 6.10 Å². The monoisotopic (exact) mass is 1160 g/mol. The van der Waals surface area contributed by atoms with Gasteiger partial charge in [0.25, 0.3) is 0 Å². The van der Waals surface area contributed by atoms with E-state index in [1.165, 1.54) is 283 Å². The number of ether oxygens (including phenoxy) is 3. The molecule has 6 nitrogen and oxygen atoms in total. The van der Waals surface area contributed by atoms with Crippen LogP contribution in [-0.4, -0.2) is 37.2 Å². The van der Waals surface area contributed by atoms with Gasteiger partial charge in [0, 0.05) is 19.3 Å². The van der Waals surface area contributed by atoms with Crippen LogP contribution in [0.15, 0.2) is 48.6 Å². The molecule has 0 aliphatic rings. The van der Waals surface area contributed by atoms with Gasteiger partial charge in [-0.15, -0.1) is 0 Å². The van der Waals surface area contributed by atoms with Crippen LogP contribution in [0.25, 0.3) is 0 Å². The summed E-state index contributed by atoms with van der Waals surface area (Å²) in [6, 6.07) is 0. The fraction of sp³-hybridized carbons (Fsp3) is 0.857. The highest BCUT2D eigenvalue weighted by Gasteiger charge is 2.20. The van der Waals surface area contributed by atoms with Gasteiger partial charge in [-0.3, -0.25) is 14.4 Å². The number of hydrogen-bond acceptors (Lipinski definition) is 6. The molecule has 0 N–H and O–H groups in total. The van der Waals surface area contributed by atoms with Crippen LogP contribution in [0.5, 0.6) is 0 Å². The second-order valence-corrected chi connectivity index (χ2v) is 25.2. The fourth-order valence-electron chi connectivity index (χ4n) is 11.3. The van der Waals surface area contributed by atoms with Crippen LogP contribution in [0.3, 0.4) is 0 Å². The van der Waals surface area contributed by atoms with Gasteiger partial charge in [-0.05, 0) is 57.8 Å². The van der Waals surface area contributed by atoms with Gasteiger partial charge in [0.2, 0.25) is 0 Å². The Kier molecular flexibility index (Phi) is 69.6. The minimum absolute atomic E-state index is 0.0643. The molecule has 0 aromatic rings. The Balaban J connectivity index is 4.19. The lowest BCUT2D eigenvalue weighted by Gasteiger charge is -2.18. The Morgan fingerprint density at radius 1 is 0.253 bits per heavy atom. The molecule has 6 heteroatoms. The summed E-state index contributed by atoms with van der Waals surface area (Å²) in [5, 5.41) is 0. The highest BCUT2D eigenvalue weighted by atomic mass is 16.6. The molecule has 83 heavy (non-hydrogen) atoms. The molecular weight excluding hydrogens is 1020 g/mol. The van der Waals surface area contributed by atoms with Crippen molar-refractivity contribution in [3.05, 3.63) is 48.6 Å². The fourth-order valence-corrected chi connectivity index (χ4v) is 11.3. The summed E-state index contributed by atoms with van der Waals surface area (Å²) in [6.45, 7) is 6.62. The summed E-state index contributed by atoms with van der Waals surface area (Å²) in [4.78, 5) is 38.5. The molecule has 1 atom stereocenters. The SMILES string of the molecule is CC/C=C\C/C=C\C/C=C\C/C=C\CCCCCCCCCCCCCCCCCCCCC(=O)OCC(COC(=O)CCCCCCCCCCCCCCCCCCC)OC(=O)CCCCCCCCCCCCCCCCCCC. The van der Waals surface area contributed by atoms with Crippen LogP contribution >= 0.6 is 0 Å². The molecule has 486 valence electrons. The predicted octanol–water partition coefficient (Wildman–Crippen LogP) is 25.7. The van der Waals surface area contributed by atoms with Crippen LogP contribution < -0.4 is 0 Å². The van der Waals surface area contributed by atoms with E-state index in [9.17, 15) is 14.4 Å². The van der Waals surface area contributed by atoms with Crippen LogP contribution in [0.2, 0.25) is 0 Å². The molecule has 0 aromatic carbocycles. The van der Waals surface area contributed by atoms with E-state index in [2.05, 4.69) is 69.4 Å². The number of rotatable bonds is 69. The number of allylic oxidation sites excluding steroid dienone is 8. The standard InChI is InChI=1S/C77H142O6/c1-4-7-10-13-16-19-22-25-28-31-32-33-34-35-36-37-38-39-40-41-42-43-44-47-49-52-55-58-61-64-67-70-76(79)82-73-74(83-77(80)71-68-65-62-59-56-53-50-46-30-27-24-21-18-15-12-9-6-3)72-81-75(78)69-66-63-60-57-54-51-48-45-29-26-23-20-17-14-11-8-5-2/h7,10,16,19,25,28,32-33,74H,4-6,8-9,11-15,17-18,20-24,26-27,29-31,34-73H2,1-3H3/b10-7-,19-16-,28-25-,33-32-. The molecule has 0 radical (unpaired) electrons. The maximum Gasteiger partial charge on any atom is 0.306 e. The van der Waals surface area contributed by atoms with Gasteiger partial charge in [0.05, 0.1) is 0 Å². The molecule has 0 bridgehead atoms. The largest absolute Gasteiger partial charge is 0.462 e. The second kappa shape index (κ2) is 71.8. The minimum atomic E-state index is -0.768. The third-order valence-electron chi connectivity index (χ3n) is 16.8. The van der Waals surface area contributed by atoms with Crippen molar-refractivity contribution in [3.8, 4) is 0 Å². The first kappa shape index (κ1) is 80.4. The molecule has 0 fully saturated rings. The number of carbonyl (C=O) groups is 3. The number of esters is 3. The van der Waals surface area contributed by atoms with E-state index in [-0.39, 0.29) is 31.1 Å². The summed E-state index contributed by atoms with van der Waals surface area (Å²) in [5.74, 6) is -0.829. The first-order valence-electron chi connectivity index (χ1n) is 37.1. The molecule has 0 aliphatic carbocycles. The van der Waals surface area contributed by atoms with Gasteiger partial charge in [0.1, 0.15) is 13.2 Å². The van der Waals surface area contributed by atoms with E-state index in [1.807, 2.05) is 0 Å². The Morgan fingerprint density at radius 3 is 0.735 bits per heavy atom. The Bertz CT molecular complexity index is 1430. The van der Waals surface area contributed by atoms with Crippen molar-refractivity contribution >= 4 is 17.9 Å².